The van der Waals surface area contributed by atoms with E-state index in [0.29, 0.717) is 0 Å². The molecule has 0 aliphatic heterocycles. The highest BCUT2D eigenvalue weighted by Crippen LogP contribution is 2.14. The molecule has 1 aromatic heterocycles. The van der Waals surface area contributed by atoms with Crippen LogP contribution in [0.5, 0.6) is 0 Å². The summed E-state index contributed by atoms with van der Waals surface area (Å²) in [6, 6.07) is 4.23. The Morgan fingerprint density at radius 2 is 1.63 bits per heavy atom. The zero-order valence-electron chi connectivity index (χ0n) is 11.7. The average Bonchev–Trinajstić information content (AvgIpc) is 2.43. The molecule has 0 saturated carbocycles. The fourth-order valence-corrected chi connectivity index (χ4v) is 2.82. The maximum Gasteiger partial charge on any atom is 0.104 e. The number of hydrogen-bond donors (Lipinski definition) is 0. The first-order chi connectivity index (χ1) is 9.34. The van der Waals surface area contributed by atoms with Gasteiger partial charge in [-0.1, -0.05) is 44.6 Å². The Bertz CT molecular complexity index is 381. The van der Waals surface area contributed by atoms with E-state index in [1.54, 1.807) is 0 Å². The normalized spacial score (nSPS) is 10.3. The Labute approximate surface area is 131 Å². The quantitative estimate of drug-likeness (QED) is 0.234. The van der Waals surface area contributed by atoms with Crippen LogP contribution < -0.4 is 0 Å². The summed E-state index contributed by atoms with van der Waals surface area (Å²) in [5.74, 6) is 2.70. The average molecular weight is 369 g/mol. The molecule has 0 atom stereocenters. The molecule has 0 saturated heterocycles. The van der Waals surface area contributed by atoms with Gasteiger partial charge in [0, 0.05) is 12.6 Å². The molecule has 1 heterocycles. The molecule has 0 aromatic carbocycles. The first kappa shape index (κ1) is 16.5. The molecule has 2 heteroatoms. The number of hydrogen-bond acceptors (Lipinski definition) is 1. The summed E-state index contributed by atoms with van der Waals surface area (Å²) in [7, 11) is 0. The highest BCUT2D eigenvalue weighted by molar-refractivity contribution is 14.1. The van der Waals surface area contributed by atoms with E-state index >= 15 is 0 Å². The lowest BCUT2D eigenvalue weighted by Gasteiger charge is -2.04. The largest absolute Gasteiger partial charge is 0.250 e. The minimum Gasteiger partial charge on any atom is -0.250 e. The van der Waals surface area contributed by atoms with Crippen molar-refractivity contribution in [2.75, 3.05) is 0 Å². The minimum absolute atomic E-state index is 0.948. The molecule has 0 unspecified atom stereocenters. The first-order valence-electron chi connectivity index (χ1n) is 7.37. The second kappa shape index (κ2) is 11.3. The van der Waals surface area contributed by atoms with Crippen molar-refractivity contribution in [2.45, 2.75) is 64.2 Å². The van der Waals surface area contributed by atoms with Crippen LogP contribution in [-0.2, 0) is 6.42 Å². The molecule has 1 nitrogen and oxygen atoms in total. The second-order valence-corrected chi connectivity index (χ2v) is 6.01. The number of aromatic nitrogens is 1. The van der Waals surface area contributed by atoms with E-state index in [0.717, 1.165) is 10.1 Å². The number of aryl methyl sites for hydroxylation is 1. The van der Waals surface area contributed by atoms with Crippen molar-refractivity contribution in [3.05, 3.63) is 27.6 Å². The fourth-order valence-electron chi connectivity index (χ4n) is 2.21. The van der Waals surface area contributed by atoms with Crippen molar-refractivity contribution in [1.29, 1.82) is 0 Å². The zero-order valence-corrected chi connectivity index (χ0v) is 13.9. The smallest absolute Gasteiger partial charge is 0.104 e. The van der Waals surface area contributed by atoms with Crippen LogP contribution >= 0.6 is 22.6 Å². The molecular weight excluding hydrogens is 345 g/mol. The summed E-state index contributed by atoms with van der Waals surface area (Å²) in [4.78, 5) is 4.32. The third kappa shape index (κ3) is 8.26. The highest BCUT2D eigenvalue weighted by atomic mass is 127. The number of nitrogens with zero attached hydrogens (tertiary/aromatic N) is 1. The topological polar surface area (TPSA) is 12.9 Å². The number of halogens is 1. The standard InChI is InChI=1S/C17H24IN/c1-2-3-4-5-6-7-8-9-10-11-13-16-14-12-15-19-17(16)18/h1,12,14-15H,3-11,13H2. The molecule has 0 aliphatic rings. The molecule has 0 radical (unpaired) electrons. The summed E-state index contributed by atoms with van der Waals surface area (Å²) in [5, 5.41) is 0. The van der Waals surface area contributed by atoms with Crippen molar-refractivity contribution in [2.24, 2.45) is 0 Å². The Hall–Kier alpha value is -0.560. The predicted molar refractivity (Wildman–Crippen MR) is 91.0 cm³/mol. The summed E-state index contributed by atoms with van der Waals surface area (Å²) < 4.78 is 1.16. The molecule has 104 valence electrons. The lowest BCUT2D eigenvalue weighted by molar-refractivity contribution is 0.570. The van der Waals surface area contributed by atoms with Gasteiger partial charge in [0.2, 0.25) is 0 Å². The second-order valence-electron chi connectivity index (χ2n) is 4.99. The molecule has 0 fully saturated rings. The van der Waals surface area contributed by atoms with Crippen LogP contribution in [0.3, 0.4) is 0 Å². The van der Waals surface area contributed by atoms with E-state index in [4.69, 9.17) is 6.42 Å². The summed E-state index contributed by atoms with van der Waals surface area (Å²) in [5.41, 5.74) is 1.40. The van der Waals surface area contributed by atoms with E-state index in [1.807, 2.05) is 12.3 Å². The van der Waals surface area contributed by atoms with Crippen molar-refractivity contribution in [1.82, 2.24) is 4.98 Å². The van der Waals surface area contributed by atoms with Crippen molar-refractivity contribution >= 4 is 22.6 Å². The molecule has 0 N–H and O–H groups in total. The van der Waals surface area contributed by atoms with E-state index in [2.05, 4.69) is 39.6 Å². The van der Waals surface area contributed by atoms with Crippen LogP contribution in [0.2, 0.25) is 0 Å². The molecule has 0 amide bonds. The van der Waals surface area contributed by atoms with Crippen LogP contribution in [0.1, 0.15) is 63.4 Å². The maximum absolute atomic E-state index is 5.23. The third-order valence-corrected chi connectivity index (χ3v) is 4.32. The van der Waals surface area contributed by atoms with E-state index in [1.165, 1.54) is 63.4 Å². The number of pyridine rings is 1. The Morgan fingerprint density at radius 1 is 1.00 bits per heavy atom. The molecule has 19 heavy (non-hydrogen) atoms. The van der Waals surface area contributed by atoms with Crippen LogP contribution in [0.25, 0.3) is 0 Å². The zero-order chi connectivity index (χ0) is 13.8. The third-order valence-electron chi connectivity index (χ3n) is 3.35. The fraction of sp³-hybridized carbons (Fsp3) is 0.588. The van der Waals surface area contributed by atoms with Crippen LogP contribution in [0.4, 0.5) is 0 Å². The SMILES string of the molecule is C#CCCCCCCCCCCc1cccnc1I. The van der Waals surface area contributed by atoms with Crippen LogP contribution in [-0.4, -0.2) is 4.98 Å². The molecule has 0 spiro atoms. The Kier molecular flexibility index (Phi) is 9.79. The van der Waals surface area contributed by atoms with Crippen molar-refractivity contribution in [3.8, 4) is 12.3 Å². The van der Waals surface area contributed by atoms with Gasteiger partial charge >= 0.3 is 0 Å². The summed E-state index contributed by atoms with van der Waals surface area (Å²) in [6.07, 6.45) is 19.8. The van der Waals surface area contributed by atoms with Gasteiger partial charge < -0.3 is 0 Å². The molecular formula is C17H24IN. The highest BCUT2D eigenvalue weighted by Gasteiger charge is 1.99. The maximum atomic E-state index is 5.23. The number of terminal acetylenes is 1. The van der Waals surface area contributed by atoms with E-state index in [-0.39, 0.29) is 0 Å². The van der Waals surface area contributed by atoms with Gasteiger partial charge in [0.15, 0.2) is 0 Å². The van der Waals surface area contributed by atoms with Gasteiger partial charge in [-0.05, 0) is 53.5 Å². The lowest BCUT2D eigenvalue weighted by Crippen LogP contribution is -1.92. The van der Waals surface area contributed by atoms with Crippen LogP contribution in [0.15, 0.2) is 18.3 Å². The van der Waals surface area contributed by atoms with Crippen LogP contribution in [0, 0.1) is 16.0 Å². The Morgan fingerprint density at radius 3 is 2.26 bits per heavy atom. The minimum atomic E-state index is 0.948. The van der Waals surface area contributed by atoms with E-state index < -0.39 is 0 Å². The molecule has 1 aromatic rings. The van der Waals surface area contributed by atoms with Gasteiger partial charge in [-0.25, -0.2) is 0 Å². The van der Waals surface area contributed by atoms with Gasteiger partial charge in [0.05, 0.1) is 0 Å². The van der Waals surface area contributed by atoms with Gasteiger partial charge in [-0.2, -0.15) is 0 Å². The van der Waals surface area contributed by atoms with Gasteiger partial charge in [-0.15, -0.1) is 12.3 Å². The molecule has 0 bridgehead atoms. The molecule has 0 aliphatic carbocycles. The monoisotopic (exact) mass is 369 g/mol. The van der Waals surface area contributed by atoms with Crippen molar-refractivity contribution < 1.29 is 0 Å². The number of unbranched alkanes of at least 4 members (excludes halogenated alkanes) is 8. The summed E-state index contributed by atoms with van der Waals surface area (Å²) >= 11 is 2.33. The summed E-state index contributed by atoms with van der Waals surface area (Å²) in [6.45, 7) is 0. The van der Waals surface area contributed by atoms with Gasteiger partial charge in [0.25, 0.3) is 0 Å². The number of rotatable bonds is 10. The van der Waals surface area contributed by atoms with Gasteiger partial charge in [0.1, 0.15) is 3.70 Å². The molecule has 1 rings (SSSR count). The lowest BCUT2D eigenvalue weighted by atomic mass is 10.0. The van der Waals surface area contributed by atoms with Crippen molar-refractivity contribution in [3.63, 3.8) is 0 Å². The first-order valence-corrected chi connectivity index (χ1v) is 8.45. The van der Waals surface area contributed by atoms with Gasteiger partial charge in [-0.3, -0.25) is 4.98 Å². The predicted octanol–water partition coefficient (Wildman–Crippen LogP) is 5.37. The Balaban J connectivity index is 1.92. The van der Waals surface area contributed by atoms with E-state index in [9.17, 15) is 0 Å².